The molecule has 1 aliphatic rings. The lowest BCUT2D eigenvalue weighted by atomic mass is 10.1. The van der Waals surface area contributed by atoms with E-state index in [-0.39, 0.29) is 0 Å². The molecule has 0 N–H and O–H groups in total. The first-order valence-electron chi connectivity index (χ1n) is 8.66. The highest BCUT2D eigenvalue weighted by Gasteiger charge is 2.19. The molecule has 1 fully saturated rings. The highest BCUT2D eigenvalue weighted by atomic mass is 16.5. The maximum absolute atomic E-state index is 5.46. The van der Waals surface area contributed by atoms with Crippen molar-refractivity contribution in [3.05, 3.63) is 65.6 Å². The normalized spacial score (nSPS) is 17.9. The smallest absolute Gasteiger partial charge is 0.121 e. The summed E-state index contributed by atoms with van der Waals surface area (Å²) >= 11 is 0. The summed E-state index contributed by atoms with van der Waals surface area (Å²) in [6, 6.07) is 12.8. The first kappa shape index (κ1) is 17.4. The molecule has 0 saturated carbocycles. The molecular weight excluding hydrogens is 310 g/mol. The molecule has 4 nitrogen and oxygen atoms in total. The van der Waals surface area contributed by atoms with Gasteiger partial charge in [-0.2, -0.15) is 0 Å². The second-order valence-electron chi connectivity index (χ2n) is 6.53. The second kappa shape index (κ2) is 7.62. The number of rotatable bonds is 4. The lowest BCUT2D eigenvalue weighted by Crippen LogP contribution is -2.42. The Bertz CT molecular complexity index is 797. The van der Waals surface area contributed by atoms with Crippen molar-refractivity contribution in [1.82, 2.24) is 9.88 Å². The third kappa shape index (κ3) is 4.15. The molecule has 25 heavy (non-hydrogen) atoms. The average Bonchev–Trinajstić information content (AvgIpc) is 2.61. The van der Waals surface area contributed by atoms with Crippen LogP contribution in [0.4, 0.5) is 0 Å². The molecule has 0 aliphatic carbocycles. The van der Waals surface area contributed by atoms with Gasteiger partial charge in [0.05, 0.1) is 24.9 Å². The van der Waals surface area contributed by atoms with Gasteiger partial charge in [0.15, 0.2) is 0 Å². The Balaban J connectivity index is 1.76. The predicted octanol–water partition coefficient (Wildman–Crippen LogP) is 3.98. The molecule has 3 rings (SSSR count). The van der Waals surface area contributed by atoms with Gasteiger partial charge in [-0.15, -0.1) is 0 Å². The van der Waals surface area contributed by atoms with E-state index in [4.69, 9.17) is 9.72 Å². The number of hydrogen-bond acceptors (Lipinski definition) is 4. The molecule has 0 radical (unpaired) electrons. The fourth-order valence-corrected chi connectivity index (χ4v) is 3.00. The van der Waals surface area contributed by atoms with E-state index < -0.39 is 0 Å². The number of aliphatic imine (C=N–C) groups is 1. The topological polar surface area (TPSA) is 37.7 Å². The minimum Gasteiger partial charge on any atom is -0.377 e. The van der Waals surface area contributed by atoms with Gasteiger partial charge in [0, 0.05) is 29.6 Å². The van der Waals surface area contributed by atoms with Crippen molar-refractivity contribution in [2.75, 3.05) is 19.8 Å². The van der Waals surface area contributed by atoms with Gasteiger partial charge in [0.25, 0.3) is 0 Å². The maximum Gasteiger partial charge on any atom is 0.121 e. The third-order valence-electron chi connectivity index (χ3n) is 4.49. The number of pyridine rings is 1. The van der Waals surface area contributed by atoms with Gasteiger partial charge in [-0.3, -0.25) is 4.98 Å². The highest BCUT2D eigenvalue weighted by Crippen LogP contribution is 2.20. The van der Waals surface area contributed by atoms with Crippen LogP contribution < -0.4 is 0 Å². The second-order valence-corrected chi connectivity index (χ2v) is 6.53. The van der Waals surface area contributed by atoms with Crippen LogP contribution in [0.2, 0.25) is 0 Å². The molecule has 1 unspecified atom stereocenters. The molecule has 1 atom stereocenters. The van der Waals surface area contributed by atoms with Gasteiger partial charge < -0.3 is 9.64 Å². The summed E-state index contributed by atoms with van der Waals surface area (Å²) in [5.41, 5.74) is 5.33. The SMILES string of the molecule is C=C(N=Cc1ccc(-c2cccc(C)c2)nc1C)N1CCOCC1C. The van der Waals surface area contributed by atoms with Gasteiger partial charge in [-0.25, -0.2) is 4.99 Å². The molecule has 4 heteroatoms. The number of hydrogen-bond donors (Lipinski definition) is 0. The van der Waals surface area contributed by atoms with E-state index in [1.165, 1.54) is 5.56 Å². The molecule has 1 aliphatic heterocycles. The summed E-state index contributed by atoms with van der Waals surface area (Å²) in [5, 5.41) is 0. The number of aryl methyl sites for hydroxylation is 2. The van der Waals surface area contributed by atoms with Crippen LogP contribution in [0.3, 0.4) is 0 Å². The summed E-state index contributed by atoms with van der Waals surface area (Å²) in [6.07, 6.45) is 1.85. The lowest BCUT2D eigenvalue weighted by molar-refractivity contribution is 0.0167. The van der Waals surface area contributed by atoms with Crippen molar-refractivity contribution in [1.29, 1.82) is 0 Å². The zero-order chi connectivity index (χ0) is 17.8. The molecule has 1 aromatic carbocycles. The average molecular weight is 335 g/mol. The van der Waals surface area contributed by atoms with Crippen LogP contribution in [0.1, 0.15) is 23.7 Å². The fourth-order valence-electron chi connectivity index (χ4n) is 3.00. The van der Waals surface area contributed by atoms with E-state index in [0.29, 0.717) is 6.04 Å². The summed E-state index contributed by atoms with van der Waals surface area (Å²) in [6.45, 7) is 12.6. The first-order valence-corrected chi connectivity index (χ1v) is 8.66. The summed E-state index contributed by atoms with van der Waals surface area (Å²) in [4.78, 5) is 11.5. The Morgan fingerprint density at radius 2 is 2.16 bits per heavy atom. The van der Waals surface area contributed by atoms with E-state index >= 15 is 0 Å². The Morgan fingerprint density at radius 3 is 2.88 bits per heavy atom. The van der Waals surface area contributed by atoms with Gasteiger partial charge in [-0.1, -0.05) is 30.3 Å². The third-order valence-corrected chi connectivity index (χ3v) is 4.49. The molecule has 2 heterocycles. The van der Waals surface area contributed by atoms with Gasteiger partial charge in [0.2, 0.25) is 0 Å². The molecule has 1 aromatic heterocycles. The summed E-state index contributed by atoms with van der Waals surface area (Å²) in [7, 11) is 0. The van der Waals surface area contributed by atoms with Crippen LogP contribution in [0.15, 0.2) is 53.8 Å². The minimum atomic E-state index is 0.307. The molecule has 0 bridgehead atoms. The van der Waals surface area contributed by atoms with E-state index in [1.807, 2.05) is 19.2 Å². The lowest BCUT2D eigenvalue weighted by Gasteiger charge is -2.34. The summed E-state index contributed by atoms with van der Waals surface area (Å²) in [5.74, 6) is 0.776. The van der Waals surface area contributed by atoms with Crippen molar-refractivity contribution in [2.45, 2.75) is 26.8 Å². The van der Waals surface area contributed by atoms with Crippen molar-refractivity contribution in [2.24, 2.45) is 4.99 Å². The first-order chi connectivity index (χ1) is 12.0. The number of nitrogens with zero attached hydrogens (tertiary/aromatic N) is 3. The van der Waals surface area contributed by atoms with Gasteiger partial charge in [0.1, 0.15) is 5.82 Å². The highest BCUT2D eigenvalue weighted by molar-refractivity contribution is 5.82. The van der Waals surface area contributed by atoms with Crippen LogP contribution >= 0.6 is 0 Å². The van der Waals surface area contributed by atoms with Crippen molar-refractivity contribution >= 4 is 6.21 Å². The number of aromatic nitrogens is 1. The Kier molecular flexibility index (Phi) is 5.29. The molecule has 2 aromatic rings. The Hall–Kier alpha value is -2.46. The summed E-state index contributed by atoms with van der Waals surface area (Å²) < 4.78 is 5.46. The van der Waals surface area contributed by atoms with Crippen LogP contribution in [0.5, 0.6) is 0 Å². The van der Waals surface area contributed by atoms with E-state index in [2.05, 4.69) is 60.7 Å². The quantitative estimate of drug-likeness (QED) is 0.793. The van der Waals surface area contributed by atoms with Gasteiger partial charge in [-0.05, 0) is 39.0 Å². The van der Waals surface area contributed by atoms with Crippen molar-refractivity contribution in [3.8, 4) is 11.3 Å². The number of benzene rings is 1. The number of ether oxygens (including phenoxy) is 1. The molecule has 130 valence electrons. The molecular formula is C21H25N3O. The Labute approximate surface area is 149 Å². The van der Waals surface area contributed by atoms with Crippen molar-refractivity contribution in [3.63, 3.8) is 0 Å². The minimum absolute atomic E-state index is 0.307. The van der Waals surface area contributed by atoms with Crippen LogP contribution in [-0.2, 0) is 4.74 Å². The largest absolute Gasteiger partial charge is 0.377 e. The van der Waals surface area contributed by atoms with Crippen LogP contribution in [0, 0.1) is 13.8 Å². The Morgan fingerprint density at radius 1 is 1.32 bits per heavy atom. The van der Waals surface area contributed by atoms with Crippen molar-refractivity contribution < 1.29 is 4.74 Å². The van der Waals surface area contributed by atoms with Crippen LogP contribution in [-0.4, -0.2) is 41.9 Å². The standard InChI is InChI=1S/C21H25N3O/c1-15-6-5-7-19(12-15)21-9-8-20(17(3)23-21)13-22-18(4)24-10-11-25-14-16(24)2/h5-9,12-13,16H,4,10-11,14H2,1-3H3. The monoisotopic (exact) mass is 335 g/mol. The fraction of sp³-hybridized carbons (Fsp3) is 0.333. The van der Waals surface area contributed by atoms with Gasteiger partial charge >= 0.3 is 0 Å². The zero-order valence-corrected chi connectivity index (χ0v) is 15.2. The predicted molar refractivity (Wildman–Crippen MR) is 103 cm³/mol. The van der Waals surface area contributed by atoms with E-state index in [9.17, 15) is 0 Å². The molecule has 1 saturated heterocycles. The maximum atomic E-state index is 5.46. The van der Waals surface area contributed by atoms with E-state index in [0.717, 1.165) is 48.1 Å². The number of morpholine rings is 1. The molecule has 0 spiro atoms. The zero-order valence-electron chi connectivity index (χ0n) is 15.2. The van der Waals surface area contributed by atoms with E-state index in [1.54, 1.807) is 0 Å². The molecule has 0 amide bonds. The van der Waals surface area contributed by atoms with Crippen LogP contribution in [0.25, 0.3) is 11.3 Å².